The van der Waals surface area contributed by atoms with Crippen LogP contribution in [0.3, 0.4) is 0 Å². The van der Waals surface area contributed by atoms with Gasteiger partial charge in [-0.2, -0.15) is 0 Å². The highest BCUT2D eigenvalue weighted by Crippen LogP contribution is 2.35. The summed E-state index contributed by atoms with van der Waals surface area (Å²) in [5, 5.41) is 13.0. The molecule has 0 spiro atoms. The lowest BCUT2D eigenvalue weighted by molar-refractivity contribution is 0.102. The zero-order valence-corrected chi connectivity index (χ0v) is 19.3. The second kappa shape index (κ2) is 9.99. The van der Waals surface area contributed by atoms with E-state index in [-0.39, 0.29) is 17.5 Å². The van der Waals surface area contributed by atoms with Gasteiger partial charge in [0.2, 0.25) is 0 Å². The topological polar surface area (TPSA) is 79.8 Å². The molecule has 0 bridgehead atoms. The number of phenols is 1. The molecule has 0 unspecified atom stereocenters. The Morgan fingerprint density at radius 1 is 0.829 bits per heavy atom. The lowest BCUT2D eigenvalue weighted by atomic mass is 10.0. The van der Waals surface area contributed by atoms with Gasteiger partial charge >= 0.3 is 0 Å². The average molecular weight is 489 g/mol. The summed E-state index contributed by atoms with van der Waals surface area (Å²) >= 11 is 1.22. The number of hydrogen-bond acceptors (Lipinski definition) is 6. The van der Waals surface area contributed by atoms with Crippen LogP contribution in [0, 0.1) is 5.82 Å². The maximum Gasteiger partial charge on any atom is 0.255 e. The fourth-order valence-electron chi connectivity index (χ4n) is 3.55. The predicted octanol–water partition coefficient (Wildman–Crippen LogP) is 6.34. The van der Waals surface area contributed by atoms with Crippen molar-refractivity contribution in [3.05, 3.63) is 96.3 Å². The highest BCUT2D eigenvalue weighted by molar-refractivity contribution is 8.00. The van der Waals surface area contributed by atoms with E-state index in [1.165, 1.54) is 30.1 Å². The molecule has 1 aliphatic rings. The number of hydrogen-bond donors (Lipinski definition) is 3. The third-order valence-electron chi connectivity index (χ3n) is 5.37. The van der Waals surface area contributed by atoms with Crippen molar-refractivity contribution in [3.63, 3.8) is 0 Å². The van der Waals surface area contributed by atoms with Crippen molar-refractivity contribution < 1.29 is 23.8 Å². The van der Waals surface area contributed by atoms with Crippen LogP contribution in [-0.4, -0.2) is 24.2 Å². The van der Waals surface area contributed by atoms with Crippen LogP contribution >= 0.6 is 11.9 Å². The minimum absolute atomic E-state index is 0.0291. The highest BCUT2D eigenvalue weighted by atomic mass is 32.2. The van der Waals surface area contributed by atoms with Crippen molar-refractivity contribution >= 4 is 29.2 Å². The smallest absolute Gasteiger partial charge is 0.255 e. The van der Waals surface area contributed by atoms with Crippen molar-refractivity contribution in [1.82, 2.24) is 0 Å². The predicted molar refractivity (Wildman–Crippen MR) is 135 cm³/mol. The lowest BCUT2D eigenvalue weighted by Crippen LogP contribution is -2.15. The van der Waals surface area contributed by atoms with Crippen LogP contribution in [0.25, 0.3) is 11.1 Å². The largest absolute Gasteiger partial charge is 0.506 e. The number of amides is 1. The van der Waals surface area contributed by atoms with Gasteiger partial charge in [-0.25, -0.2) is 4.39 Å². The van der Waals surface area contributed by atoms with Gasteiger partial charge in [0.25, 0.3) is 5.91 Å². The Morgan fingerprint density at radius 2 is 1.54 bits per heavy atom. The maximum atomic E-state index is 13.1. The summed E-state index contributed by atoms with van der Waals surface area (Å²) in [4.78, 5) is 13.6. The summed E-state index contributed by atoms with van der Waals surface area (Å²) in [6.07, 6.45) is 0. The minimum atomic E-state index is -0.318. The van der Waals surface area contributed by atoms with Crippen molar-refractivity contribution in [2.45, 2.75) is 4.90 Å². The number of phenolic OH excluding ortho intramolecular Hbond substituents is 1. The number of fused-ring (bicyclic) bond motifs is 1. The van der Waals surface area contributed by atoms with E-state index in [1.807, 2.05) is 30.3 Å². The van der Waals surface area contributed by atoms with Crippen LogP contribution in [0.1, 0.15) is 10.4 Å². The normalized spacial score (nSPS) is 12.1. The standard InChI is InChI=1S/C27H21FN2O4S/c28-20-6-9-22(10-7-20)35-30-23-16-21(8-11-24(23)31)29-27(32)18-3-1-17(2-4-18)19-5-12-25-26(15-19)34-14-13-33-25/h1-12,15-16,30-31H,13-14H2,(H,29,32). The molecule has 4 aromatic rings. The number of carbonyl (C=O) groups excluding carboxylic acids is 1. The van der Waals surface area contributed by atoms with Crippen molar-refractivity contribution in [1.29, 1.82) is 0 Å². The first kappa shape index (κ1) is 22.6. The van der Waals surface area contributed by atoms with Gasteiger partial charge in [-0.15, -0.1) is 0 Å². The van der Waals surface area contributed by atoms with E-state index in [1.54, 1.807) is 36.4 Å². The van der Waals surface area contributed by atoms with Gasteiger partial charge in [0.15, 0.2) is 11.5 Å². The fourth-order valence-corrected chi connectivity index (χ4v) is 4.22. The van der Waals surface area contributed by atoms with E-state index >= 15 is 0 Å². The monoisotopic (exact) mass is 488 g/mol. The number of nitrogens with one attached hydrogen (secondary N) is 2. The third-order valence-corrected chi connectivity index (χ3v) is 6.20. The van der Waals surface area contributed by atoms with Crippen molar-refractivity contribution in [2.24, 2.45) is 0 Å². The minimum Gasteiger partial charge on any atom is -0.506 e. The Kier molecular flexibility index (Phi) is 6.45. The van der Waals surface area contributed by atoms with Crippen LogP contribution in [0.5, 0.6) is 17.2 Å². The molecule has 1 aliphatic heterocycles. The van der Waals surface area contributed by atoms with Gasteiger partial charge in [0, 0.05) is 16.1 Å². The van der Waals surface area contributed by atoms with E-state index in [9.17, 15) is 14.3 Å². The zero-order chi connectivity index (χ0) is 24.2. The van der Waals surface area contributed by atoms with Gasteiger partial charge in [0.1, 0.15) is 24.8 Å². The molecule has 0 atom stereocenters. The number of benzene rings is 4. The SMILES string of the molecule is O=C(Nc1ccc(O)c(NSc2ccc(F)cc2)c1)c1ccc(-c2ccc3c(c2)OCCO3)cc1. The molecule has 8 heteroatoms. The van der Waals surface area contributed by atoms with E-state index in [0.29, 0.717) is 35.9 Å². The summed E-state index contributed by atoms with van der Waals surface area (Å²) in [5.41, 5.74) is 3.35. The molecule has 1 heterocycles. The van der Waals surface area contributed by atoms with Crippen molar-refractivity contribution in [2.75, 3.05) is 23.3 Å². The first-order chi connectivity index (χ1) is 17.0. The summed E-state index contributed by atoms with van der Waals surface area (Å²) < 4.78 is 27.3. The molecule has 5 rings (SSSR count). The van der Waals surface area contributed by atoms with Crippen LogP contribution in [-0.2, 0) is 0 Å². The molecule has 35 heavy (non-hydrogen) atoms. The van der Waals surface area contributed by atoms with Gasteiger partial charge in [-0.05, 0) is 89.8 Å². The number of anilines is 2. The Hall–Kier alpha value is -4.17. The molecule has 0 saturated heterocycles. The summed E-state index contributed by atoms with van der Waals surface area (Å²) in [6, 6.07) is 23.8. The van der Waals surface area contributed by atoms with E-state index in [4.69, 9.17) is 9.47 Å². The molecule has 3 N–H and O–H groups in total. The van der Waals surface area contributed by atoms with Crippen LogP contribution in [0.2, 0.25) is 0 Å². The molecule has 0 fully saturated rings. The number of ether oxygens (including phenoxy) is 2. The molecule has 0 aromatic heterocycles. The Labute approximate surface area is 205 Å². The van der Waals surface area contributed by atoms with Gasteiger partial charge in [0.05, 0.1) is 5.69 Å². The molecule has 0 aliphatic carbocycles. The van der Waals surface area contributed by atoms with Gasteiger partial charge in [-0.3, -0.25) is 4.79 Å². The molecule has 0 saturated carbocycles. The van der Waals surface area contributed by atoms with Crippen LogP contribution < -0.4 is 19.5 Å². The fraction of sp³-hybridized carbons (Fsp3) is 0.0741. The van der Waals surface area contributed by atoms with Gasteiger partial charge < -0.3 is 24.6 Å². The Bertz CT molecular complexity index is 1360. The molecule has 0 radical (unpaired) electrons. The second-order valence-corrected chi connectivity index (χ2v) is 8.66. The molecule has 1 amide bonds. The Balaban J connectivity index is 1.25. The van der Waals surface area contributed by atoms with Crippen LogP contribution in [0.15, 0.2) is 89.8 Å². The second-order valence-electron chi connectivity index (χ2n) is 7.78. The van der Waals surface area contributed by atoms with Crippen molar-refractivity contribution in [3.8, 4) is 28.4 Å². The first-order valence-corrected chi connectivity index (χ1v) is 11.7. The molecular formula is C27H21FN2O4S. The molecule has 4 aromatic carbocycles. The molecule has 176 valence electrons. The summed E-state index contributed by atoms with van der Waals surface area (Å²) in [7, 11) is 0. The third kappa shape index (κ3) is 5.33. The summed E-state index contributed by atoms with van der Waals surface area (Å²) in [6.45, 7) is 1.07. The maximum absolute atomic E-state index is 13.1. The number of carbonyl (C=O) groups is 1. The quantitative estimate of drug-likeness (QED) is 0.167. The number of aromatic hydroxyl groups is 1. The van der Waals surface area contributed by atoms with Gasteiger partial charge in [-0.1, -0.05) is 18.2 Å². The van der Waals surface area contributed by atoms with E-state index in [0.717, 1.165) is 21.8 Å². The number of halogens is 1. The molecular weight excluding hydrogens is 467 g/mol. The Morgan fingerprint density at radius 3 is 2.31 bits per heavy atom. The zero-order valence-electron chi connectivity index (χ0n) is 18.5. The molecule has 6 nitrogen and oxygen atoms in total. The van der Waals surface area contributed by atoms with E-state index < -0.39 is 0 Å². The first-order valence-electron chi connectivity index (χ1n) is 10.9. The lowest BCUT2D eigenvalue weighted by Gasteiger charge is -2.19. The van der Waals surface area contributed by atoms with Crippen LogP contribution in [0.4, 0.5) is 15.8 Å². The number of rotatable bonds is 6. The summed E-state index contributed by atoms with van der Waals surface area (Å²) in [5.74, 6) is 0.879. The van der Waals surface area contributed by atoms with E-state index in [2.05, 4.69) is 10.0 Å². The average Bonchev–Trinajstić information content (AvgIpc) is 2.89. The highest BCUT2D eigenvalue weighted by Gasteiger charge is 2.13.